The molecule has 7 nitrogen and oxygen atoms in total. The van der Waals surface area contributed by atoms with Crippen molar-refractivity contribution in [2.24, 2.45) is 0 Å². The Morgan fingerprint density at radius 1 is 0.905 bits per heavy atom. The van der Waals surface area contributed by atoms with Gasteiger partial charge in [0.1, 0.15) is 4.90 Å². The van der Waals surface area contributed by atoms with Crippen molar-refractivity contribution in [3.05, 3.63) is 41.5 Å². The van der Waals surface area contributed by atoms with Crippen LogP contribution in [0.5, 0.6) is 0 Å². The number of hydrogen-bond donors (Lipinski definition) is 3. The zero-order valence-electron chi connectivity index (χ0n) is 10.5. The fourth-order valence-electron chi connectivity index (χ4n) is 1.79. The molecule has 21 heavy (non-hydrogen) atoms. The van der Waals surface area contributed by atoms with Crippen LogP contribution in [0.2, 0.25) is 0 Å². The van der Waals surface area contributed by atoms with E-state index >= 15 is 0 Å². The first-order valence-electron chi connectivity index (χ1n) is 5.22. The SMILES string of the molecule is O=C(O)c1cc(S(=O)(=O)O)c2cc(C(=O)O)ccc2c1.[Zn]. The molecule has 0 aliphatic rings. The summed E-state index contributed by atoms with van der Waals surface area (Å²) >= 11 is 0. The van der Waals surface area contributed by atoms with Gasteiger partial charge in [-0.05, 0) is 29.7 Å². The van der Waals surface area contributed by atoms with E-state index in [-0.39, 0.29) is 41.4 Å². The summed E-state index contributed by atoms with van der Waals surface area (Å²) in [6, 6.07) is 5.53. The molecule has 0 aromatic heterocycles. The molecule has 0 radical (unpaired) electrons. The number of aromatic carboxylic acids is 2. The van der Waals surface area contributed by atoms with Gasteiger partial charge in [-0.1, -0.05) is 6.07 Å². The molecule has 2 rings (SSSR count). The second-order valence-corrected chi connectivity index (χ2v) is 5.39. The molecule has 0 atom stereocenters. The van der Waals surface area contributed by atoms with Crippen molar-refractivity contribution >= 4 is 32.8 Å². The van der Waals surface area contributed by atoms with Crippen molar-refractivity contribution in [2.75, 3.05) is 0 Å². The van der Waals surface area contributed by atoms with Crippen molar-refractivity contribution in [3.63, 3.8) is 0 Å². The fraction of sp³-hybridized carbons (Fsp3) is 0. The van der Waals surface area contributed by atoms with Gasteiger partial charge in [-0.15, -0.1) is 0 Å². The Hall–Kier alpha value is -1.83. The number of carboxylic acid groups (broad SMARTS) is 2. The first kappa shape index (κ1) is 17.2. The molecule has 0 unspecified atom stereocenters. The van der Waals surface area contributed by atoms with E-state index in [1.807, 2.05) is 0 Å². The van der Waals surface area contributed by atoms with Crippen molar-refractivity contribution in [2.45, 2.75) is 4.90 Å². The molecule has 2 aromatic rings. The number of carboxylic acids is 2. The molecule has 0 aliphatic heterocycles. The Kier molecular flexibility index (Phi) is 4.83. The van der Waals surface area contributed by atoms with Gasteiger partial charge in [0.2, 0.25) is 0 Å². The molecular weight excluding hydrogens is 354 g/mol. The van der Waals surface area contributed by atoms with Gasteiger partial charge in [0, 0.05) is 24.9 Å². The van der Waals surface area contributed by atoms with Crippen LogP contribution < -0.4 is 0 Å². The Labute approximate surface area is 131 Å². The number of rotatable bonds is 3. The summed E-state index contributed by atoms with van der Waals surface area (Å²) < 4.78 is 31.8. The minimum Gasteiger partial charge on any atom is -0.478 e. The van der Waals surface area contributed by atoms with Crippen LogP contribution in [0.4, 0.5) is 0 Å². The molecule has 0 heterocycles. The molecule has 3 N–H and O–H groups in total. The van der Waals surface area contributed by atoms with E-state index in [2.05, 4.69) is 0 Å². The molecule has 0 aliphatic carbocycles. The maximum atomic E-state index is 11.3. The van der Waals surface area contributed by atoms with Crippen LogP contribution in [0.1, 0.15) is 20.7 Å². The predicted octanol–water partition coefficient (Wildman–Crippen LogP) is 1.48. The Bertz CT molecular complexity index is 842. The van der Waals surface area contributed by atoms with Gasteiger partial charge in [-0.3, -0.25) is 4.55 Å². The van der Waals surface area contributed by atoms with Gasteiger partial charge in [0.15, 0.2) is 0 Å². The molecule has 0 fully saturated rings. The molecular formula is C12H8O7SZn. The summed E-state index contributed by atoms with van der Waals surface area (Å²) in [5.74, 6) is -2.63. The largest absolute Gasteiger partial charge is 0.478 e. The van der Waals surface area contributed by atoms with E-state index in [0.29, 0.717) is 0 Å². The van der Waals surface area contributed by atoms with Gasteiger partial charge in [0.05, 0.1) is 11.1 Å². The first-order valence-corrected chi connectivity index (χ1v) is 6.66. The molecule has 106 valence electrons. The van der Waals surface area contributed by atoms with Gasteiger partial charge in [-0.25, -0.2) is 9.59 Å². The normalized spacial score (nSPS) is 10.9. The zero-order valence-corrected chi connectivity index (χ0v) is 14.3. The van der Waals surface area contributed by atoms with E-state index in [0.717, 1.165) is 12.1 Å². The van der Waals surface area contributed by atoms with E-state index in [9.17, 15) is 18.0 Å². The molecule has 0 amide bonds. The topological polar surface area (TPSA) is 129 Å². The minimum absolute atomic E-state index is 0. The third-order valence-electron chi connectivity index (χ3n) is 2.69. The first-order chi connectivity index (χ1) is 9.20. The van der Waals surface area contributed by atoms with Crippen LogP contribution in [0.3, 0.4) is 0 Å². The maximum Gasteiger partial charge on any atom is 0.335 e. The van der Waals surface area contributed by atoms with Gasteiger partial charge in [-0.2, -0.15) is 8.42 Å². The quantitative estimate of drug-likeness (QED) is 0.557. The van der Waals surface area contributed by atoms with Crippen LogP contribution in [0.25, 0.3) is 10.8 Å². The van der Waals surface area contributed by atoms with Crippen LogP contribution >= 0.6 is 0 Å². The molecule has 9 heteroatoms. The summed E-state index contributed by atoms with van der Waals surface area (Å²) in [4.78, 5) is 21.2. The van der Waals surface area contributed by atoms with E-state index in [1.165, 1.54) is 18.2 Å². The van der Waals surface area contributed by atoms with E-state index < -0.39 is 27.0 Å². The second-order valence-electron chi connectivity index (χ2n) is 4.00. The van der Waals surface area contributed by atoms with Gasteiger partial charge < -0.3 is 10.2 Å². The molecule has 2 aromatic carbocycles. The van der Waals surface area contributed by atoms with Crippen LogP contribution in [0.15, 0.2) is 35.2 Å². The standard InChI is InChI=1S/C12H8O7S.Zn/c13-11(14)7-2-1-6-3-8(12(15)16)5-10(9(6)4-7)20(17,18)19;/h1-5H,(H,13,14)(H,15,16)(H,17,18,19);. The van der Waals surface area contributed by atoms with Crippen LogP contribution in [-0.4, -0.2) is 35.1 Å². The van der Waals surface area contributed by atoms with Crippen LogP contribution in [-0.2, 0) is 29.6 Å². The van der Waals surface area contributed by atoms with Crippen LogP contribution in [0, 0.1) is 0 Å². The summed E-state index contributed by atoms with van der Waals surface area (Å²) in [5, 5.41) is 17.9. The number of fused-ring (bicyclic) bond motifs is 1. The molecule has 0 bridgehead atoms. The summed E-state index contributed by atoms with van der Waals surface area (Å²) in [6.45, 7) is 0. The monoisotopic (exact) mass is 360 g/mol. The second kappa shape index (κ2) is 5.89. The van der Waals surface area contributed by atoms with Crippen molar-refractivity contribution in [1.82, 2.24) is 0 Å². The average Bonchev–Trinajstić information content (AvgIpc) is 2.35. The third-order valence-corrected chi connectivity index (χ3v) is 3.58. The predicted molar refractivity (Wildman–Crippen MR) is 67.7 cm³/mol. The molecule has 0 saturated carbocycles. The maximum absolute atomic E-state index is 11.3. The van der Waals surface area contributed by atoms with E-state index in [1.54, 1.807) is 0 Å². The summed E-state index contributed by atoms with van der Waals surface area (Å²) in [6.07, 6.45) is 0. The Morgan fingerprint density at radius 2 is 1.48 bits per heavy atom. The smallest absolute Gasteiger partial charge is 0.335 e. The van der Waals surface area contributed by atoms with Gasteiger partial charge in [0.25, 0.3) is 10.1 Å². The molecule has 0 spiro atoms. The summed E-state index contributed by atoms with van der Waals surface area (Å²) in [7, 11) is -4.68. The van der Waals surface area contributed by atoms with Crippen molar-refractivity contribution < 1.29 is 52.3 Å². The number of carbonyl (C=O) groups is 2. The third kappa shape index (κ3) is 3.44. The van der Waals surface area contributed by atoms with Gasteiger partial charge >= 0.3 is 11.9 Å². The number of hydrogen-bond acceptors (Lipinski definition) is 4. The van der Waals surface area contributed by atoms with Crippen molar-refractivity contribution in [1.29, 1.82) is 0 Å². The minimum atomic E-state index is -4.68. The fourth-order valence-corrected chi connectivity index (χ4v) is 2.52. The van der Waals surface area contributed by atoms with Crippen molar-refractivity contribution in [3.8, 4) is 0 Å². The Morgan fingerprint density at radius 3 is 1.95 bits per heavy atom. The summed E-state index contributed by atoms with van der Waals surface area (Å²) in [5.41, 5.74) is -0.501. The number of benzene rings is 2. The average molecular weight is 362 g/mol. The molecule has 0 saturated heterocycles. The van der Waals surface area contributed by atoms with E-state index in [4.69, 9.17) is 14.8 Å². The Balaban J connectivity index is 0.00000220. The zero-order chi connectivity index (χ0) is 15.1.